The van der Waals surface area contributed by atoms with E-state index in [0.717, 1.165) is 5.56 Å². The Morgan fingerprint density at radius 3 is 2.36 bits per heavy atom. The molecule has 0 aliphatic heterocycles. The van der Waals surface area contributed by atoms with Crippen LogP contribution in [0.25, 0.3) is 0 Å². The van der Waals surface area contributed by atoms with Crippen LogP contribution in [0.15, 0.2) is 48.5 Å². The second kappa shape index (κ2) is 6.81. The van der Waals surface area contributed by atoms with Gasteiger partial charge in [0.2, 0.25) is 15.9 Å². The number of rotatable bonds is 6. The van der Waals surface area contributed by atoms with Gasteiger partial charge in [-0.15, -0.1) is 0 Å². The van der Waals surface area contributed by atoms with Gasteiger partial charge in [0.1, 0.15) is 0 Å². The van der Waals surface area contributed by atoms with E-state index in [1.807, 2.05) is 0 Å². The number of amides is 1. The molecule has 116 valence electrons. The summed E-state index contributed by atoms with van der Waals surface area (Å²) in [5.74, 6) is -0.606. The minimum absolute atomic E-state index is 0.121. The first-order valence-corrected chi connectivity index (χ1v) is 8.49. The SMILES string of the molecule is NC(=O)Cc1ccc(NS(=O)(=O)Cc2cccc(Cl)c2)cc1. The van der Waals surface area contributed by atoms with Gasteiger partial charge in [-0.1, -0.05) is 35.9 Å². The van der Waals surface area contributed by atoms with Crippen molar-refractivity contribution in [2.45, 2.75) is 12.2 Å². The fourth-order valence-electron chi connectivity index (χ4n) is 1.95. The van der Waals surface area contributed by atoms with Crippen molar-refractivity contribution in [3.63, 3.8) is 0 Å². The van der Waals surface area contributed by atoms with Crippen LogP contribution in [0.1, 0.15) is 11.1 Å². The number of carbonyl (C=O) groups is 1. The Kier molecular flexibility index (Phi) is 5.05. The van der Waals surface area contributed by atoms with Gasteiger partial charge in [-0.05, 0) is 35.4 Å². The number of anilines is 1. The third-order valence-electron chi connectivity index (χ3n) is 2.85. The topological polar surface area (TPSA) is 89.3 Å². The number of sulfonamides is 1. The first-order valence-electron chi connectivity index (χ1n) is 6.46. The second-order valence-corrected chi connectivity index (χ2v) is 6.99. The van der Waals surface area contributed by atoms with Crippen LogP contribution in [0.5, 0.6) is 0 Å². The van der Waals surface area contributed by atoms with Crippen LogP contribution in [0.2, 0.25) is 5.02 Å². The third-order valence-corrected chi connectivity index (χ3v) is 4.35. The van der Waals surface area contributed by atoms with Crippen molar-refractivity contribution < 1.29 is 13.2 Å². The molecule has 0 saturated heterocycles. The Morgan fingerprint density at radius 1 is 1.09 bits per heavy atom. The van der Waals surface area contributed by atoms with Crippen LogP contribution in [0.4, 0.5) is 5.69 Å². The van der Waals surface area contributed by atoms with E-state index in [0.29, 0.717) is 16.3 Å². The number of hydrogen-bond donors (Lipinski definition) is 2. The quantitative estimate of drug-likeness (QED) is 0.847. The molecule has 0 aliphatic rings. The van der Waals surface area contributed by atoms with Crippen LogP contribution >= 0.6 is 11.6 Å². The molecule has 0 fully saturated rings. The lowest BCUT2D eigenvalue weighted by molar-refractivity contribution is -0.117. The molecule has 0 heterocycles. The Balaban J connectivity index is 2.06. The zero-order chi connectivity index (χ0) is 16.2. The molecule has 2 aromatic rings. The van der Waals surface area contributed by atoms with Gasteiger partial charge < -0.3 is 5.73 Å². The molecule has 5 nitrogen and oxygen atoms in total. The van der Waals surface area contributed by atoms with E-state index >= 15 is 0 Å². The highest BCUT2D eigenvalue weighted by Gasteiger charge is 2.12. The number of hydrogen-bond acceptors (Lipinski definition) is 3. The van der Waals surface area contributed by atoms with Gasteiger partial charge in [0, 0.05) is 10.7 Å². The highest BCUT2D eigenvalue weighted by atomic mass is 35.5. The number of nitrogens with two attached hydrogens (primary N) is 1. The van der Waals surface area contributed by atoms with Gasteiger partial charge in [-0.3, -0.25) is 9.52 Å². The van der Waals surface area contributed by atoms with Crippen molar-refractivity contribution in [1.29, 1.82) is 0 Å². The van der Waals surface area contributed by atoms with Crippen LogP contribution in [-0.2, 0) is 27.0 Å². The van der Waals surface area contributed by atoms with Crippen molar-refractivity contribution in [3.05, 3.63) is 64.7 Å². The highest BCUT2D eigenvalue weighted by molar-refractivity contribution is 7.91. The Morgan fingerprint density at radius 2 is 1.77 bits per heavy atom. The lowest BCUT2D eigenvalue weighted by atomic mass is 10.1. The van der Waals surface area contributed by atoms with Gasteiger partial charge in [-0.2, -0.15) is 0 Å². The van der Waals surface area contributed by atoms with E-state index in [4.69, 9.17) is 17.3 Å². The standard InChI is InChI=1S/C15H15ClN2O3S/c16-13-3-1-2-12(8-13)10-22(20,21)18-14-6-4-11(5-7-14)9-15(17)19/h1-8,18H,9-10H2,(H2,17,19). The molecule has 0 aromatic heterocycles. The minimum Gasteiger partial charge on any atom is -0.369 e. The van der Waals surface area contributed by atoms with Crippen molar-refractivity contribution >= 4 is 33.2 Å². The van der Waals surface area contributed by atoms with Crippen LogP contribution in [0, 0.1) is 0 Å². The summed E-state index contributed by atoms with van der Waals surface area (Å²) >= 11 is 5.84. The van der Waals surface area contributed by atoms with E-state index < -0.39 is 15.9 Å². The van der Waals surface area contributed by atoms with E-state index in [-0.39, 0.29) is 12.2 Å². The average molecular weight is 339 g/mol. The molecule has 2 rings (SSSR count). The molecule has 0 unspecified atom stereocenters. The first kappa shape index (κ1) is 16.3. The Hall–Kier alpha value is -2.05. The van der Waals surface area contributed by atoms with Gasteiger partial charge in [0.15, 0.2) is 0 Å². The molecule has 0 saturated carbocycles. The smallest absolute Gasteiger partial charge is 0.236 e. The fraction of sp³-hybridized carbons (Fsp3) is 0.133. The van der Waals surface area contributed by atoms with Gasteiger partial charge >= 0.3 is 0 Å². The normalized spacial score (nSPS) is 11.1. The summed E-state index contributed by atoms with van der Waals surface area (Å²) in [7, 11) is -3.54. The van der Waals surface area contributed by atoms with E-state index in [1.165, 1.54) is 0 Å². The summed E-state index contributed by atoms with van der Waals surface area (Å²) in [6, 6.07) is 13.2. The maximum Gasteiger partial charge on any atom is 0.236 e. The summed E-state index contributed by atoms with van der Waals surface area (Å²) < 4.78 is 26.7. The monoisotopic (exact) mass is 338 g/mol. The maximum absolute atomic E-state index is 12.1. The lowest BCUT2D eigenvalue weighted by Gasteiger charge is -2.09. The number of benzene rings is 2. The third kappa shape index (κ3) is 5.05. The van der Waals surface area contributed by atoms with E-state index in [1.54, 1.807) is 48.5 Å². The first-order chi connectivity index (χ1) is 10.3. The van der Waals surface area contributed by atoms with E-state index in [2.05, 4.69) is 4.72 Å². The minimum atomic E-state index is -3.54. The van der Waals surface area contributed by atoms with Gasteiger partial charge in [-0.25, -0.2) is 8.42 Å². The van der Waals surface area contributed by atoms with E-state index in [9.17, 15) is 13.2 Å². The lowest BCUT2D eigenvalue weighted by Crippen LogP contribution is -2.15. The van der Waals surface area contributed by atoms with Crippen LogP contribution in [0.3, 0.4) is 0 Å². The largest absolute Gasteiger partial charge is 0.369 e. The predicted molar refractivity (Wildman–Crippen MR) is 87.0 cm³/mol. The number of carbonyl (C=O) groups excluding carboxylic acids is 1. The Bertz CT molecular complexity index is 774. The maximum atomic E-state index is 12.1. The molecular formula is C15H15ClN2O3S. The molecule has 0 radical (unpaired) electrons. The van der Waals surface area contributed by atoms with Crippen LogP contribution in [-0.4, -0.2) is 14.3 Å². The molecule has 0 atom stereocenters. The summed E-state index contributed by atoms with van der Waals surface area (Å²) in [6.07, 6.45) is 0.121. The highest BCUT2D eigenvalue weighted by Crippen LogP contribution is 2.16. The van der Waals surface area contributed by atoms with Gasteiger partial charge in [0.25, 0.3) is 0 Å². The Labute approximate surface area is 134 Å². The van der Waals surface area contributed by atoms with Crippen molar-refractivity contribution in [1.82, 2.24) is 0 Å². The number of halogens is 1. The number of nitrogens with one attached hydrogen (secondary N) is 1. The molecular weight excluding hydrogens is 324 g/mol. The molecule has 2 aromatic carbocycles. The van der Waals surface area contributed by atoms with Crippen LogP contribution < -0.4 is 10.5 Å². The summed E-state index contributed by atoms with van der Waals surface area (Å²) in [5, 5.41) is 0.489. The molecule has 0 aliphatic carbocycles. The fourth-order valence-corrected chi connectivity index (χ4v) is 3.35. The molecule has 1 amide bonds. The number of primary amides is 1. The predicted octanol–water partition coefficient (Wildman–Crippen LogP) is 2.31. The summed E-state index contributed by atoms with van der Waals surface area (Å²) in [6.45, 7) is 0. The molecule has 7 heteroatoms. The second-order valence-electron chi connectivity index (χ2n) is 4.83. The average Bonchev–Trinajstić information content (AvgIpc) is 2.39. The van der Waals surface area contributed by atoms with Crippen molar-refractivity contribution in [3.8, 4) is 0 Å². The zero-order valence-electron chi connectivity index (χ0n) is 11.6. The van der Waals surface area contributed by atoms with Crippen molar-refractivity contribution in [2.24, 2.45) is 5.73 Å². The molecule has 0 spiro atoms. The molecule has 0 bridgehead atoms. The zero-order valence-corrected chi connectivity index (χ0v) is 13.2. The molecule has 22 heavy (non-hydrogen) atoms. The molecule has 3 N–H and O–H groups in total. The summed E-state index contributed by atoms with van der Waals surface area (Å²) in [5.41, 5.74) is 6.86. The summed E-state index contributed by atoms with van der Waals surface area (Å²) in [4.78, 5) is 10.8. The van der Waals surface area contributed by atoms with Crippen molar-refractivity contribution in [2.75, 3.05) is 4.72 Å². The van der Waals surface area contributed by atoms with Gasteiger partial charge in [0.05, 0.1) is 12.2 Å².